The maximum atomic E-state index is 11.6. The summed E-state index contributed by atoms with van der Waals surface area (Å²) < 4.78 is 0. The van der Waals surface area contributed by atoms with Crippen LogP contribution < -0.4 is 10.6 Å². The normalized spacial score (nSPS) is 18.6. The van der Waals surface area contributed by atoms with Crippen LogP contribution in [0, 0.1) is 11.8 Å². The molecule has 0 saturated carbocycles. The summed E-state index contributed by atoms with van der Waals surface area (Å²) in [5, 5.41) is 14.8. The van der Waals surface area contributed by atoms with Gasteiger partial charge < -0.3 is 15.7 Å². The van der Waals surface area contributed by atoms with E-state index in [4.69, 9.17) is 5.11 Å². The lowest BCUT2D eigenvalue weighted by Crippen LogP contribution is -2.35. The zero-order chi connectivity index (χ0) is 12.7. The summed E-state index contributed by atoms with van der Waals surface area (Å²) in [6.45, 7) is 4.02. The number of carboxylic acid groups (broad SMARTS) is 1. The van der Waals surface area contributed by atoms with Gasteiger partial charge in [-0.15, -0.1) is 0 Å². The molecule has 98 valence electrons. The first-order chi connectivity index (χ1) is 8.13. The average Bonchev–Trinajstić information content (AvgIpc) is 2.30. The smallest absolute Gasteiger partial charge is 0.308 e. The molecule has 1 amide bonds. The van der Waals surface area contributed by atoms with Gasteiger partial charge in [-0.05, 0) is 38.3 Å². The molecule has 0 aromatic carbocycles. The lowest BCUT2D eigenvalue weighted by Gasteiger charge is -2.22. The number of rotatable bonds is 6. The highest BCUT2D eigenvalue weighted by molar-refractivity contribution is 5.77. The van der Waals surface area contributed by atoms with Gasteiger partial charge in [-0.1, -0.05) is 6.92 Å². The summed E-state index contributed by atoms with van der Waals surface area (Å²) in [6.07, 6.45) is 3.13. The topological polar surface area (TPSA) is 78.4 Å². The number of nitrogens with one attached hydrogen (secondary N) is 2. The molecule has 1 rings (SSSR count). The highest BCUT2D eigenvalue weighted by Gasteiger charge is 2.19. The number of hydrogen-bond donors (Lipinski definition) is 3. The Kier molecular flexibility index (Phi) is 5.97. The third kappa shape index (κ3) is 5.17. The minimum absolute atomic E-state index is 0.0170. The Morgan fingerprint density at radius 1 is 1.41 bits per heavy atom. The van der Waals surface area contributed by atoms with Crippen LogP contribution in [0.15, 0.2) is 0 Å². The number of piperidine rings is 1. The van der Waals surface area contributed by atoms with Gasteiger partial charge in [0.2, 0.25) is 5.91 Å². The minimum Gasteiger partial charge on any atom is -0.481 e. The lowest BCUT2D eigenvalue weighted by molar-refractivity contribution is -0.141. The summed E-state index contributed by atoms with van der Waals surface area (Å²) in [5.41, 5.74) is 0. The van der Waals surface area contributed by atoms with E-state index >= 15 is 0 Å². The Hall–Kier alpha value is -1.10. The first-order valence-electron chi connectivity index (χ1n) is 6.33. The number of carbonyl (C=O) groups is 2. The number of aliphatic carboxylic acids is 1. The Morgan fingerprint density at radius 3 is 2.59 bits per heavy atom. The van der Waals surface area contributed by atoms with Crippen molar-refractivity contribution in [1.82, 2.24) is 10.6 Å². The van der Waals surface area contributed by atoms with Gasteiger partial charge in [-0.25, -0.2) is 0 Å². The van der Waals surface area contributed by atoms with E-state index in [9.17, 15) is 9.59 Å². The molecule has 5 nitrogen and oxygen atoms in total. The number of amides is 1. The van der Waals surface area contributed by atoms with Crippen molar-refractivity contribution in [2.45, 2.75) is 32.6 Å². The van der Waals surface area contributed by atoms with Crippen LogP contribution in [0.3, 0.4) is 0 Å². The zero-order valence-corrected chi connectivity index (χ0v) is 10.4. The van der Waals surface area contributed by atoms with Crippen molar-refractivity contribution in [1.29, 1.82) is 0 Å². The van der Waals surface area contributed by atoms with E-state index in [0.29, 0.717) is 18.8 Å². The van der Waals surface area contributed by atoms with E-state index in [2.05, 4.69) is 10.6 Å². The maximum absolute atomic E-state index is 11.6. The highest BCUT2D eigenvalue weighted by atomic mass is 16.4. The SMILES string of the molecule is CCC(CNC(=O)CC1CCNCC1)C(=O)O. The van der Waals surface area contributed by atoms with Crippen LogP contribution in [0.1, 0.15) is 32.6 Å². The second kappa shape index (κ2) is 7.27. The standard InChI is InChI=1S/C12H22N2O3/c1-2-10(12(16)17)8-14-11(15)7-9-3-5-13-6-4-9/h9-10,13H,2-8H2,1H3,(H,14,15)(H,16,17). The molecule has 0 spiro atoms. The summed E-state index contributed by atoms with van der Waals surface area (Å²) >= 11 is 0. The minimum atomic E-state index is -0.838. The van der Waals surface area contributed by atoms with Gasteiger partial charge in [-0.2, -0.15) is 0 Å². The molecule has 1 fully saturated rings. The molecule has 1 heterocycles. The van der Waals surface area contributed by atoms with Crippen molar-refractivity contribution in [3.05, 3.63) is 0 Å². The second-order valence-electron chi connectivity index (χ2n) is 4.64. The van der Waals surface area contributed by atoms with Gasteiger partial charge in [0, 0.05) is 13.0 Å². The van der Waals surface area contributed by atoms with E-state index in [0.717, 1.165) is 25.9 Å². The van der Waals surface area contributed by atoms with Crippen molar-refractivity contribution in [2.75, 3.05) is 19.6 Å². The predicted molar refractivity (Wildman–Crippen MR) is 64.6 cm³/mol. The van der Waals surface area contributed by atoms with Crippen LogP contribution >= 0.6 is 0 Å². The Morgan fingerprint density at radius 2 is 2.06 bits per heavy atom. The molecular weight excluding hydrogens is 220 g/mol. The monoisotopic (exact) mass is 242 g/mol. The summed E-state index contributed by atoms with van der Waals surface area (Å²) in [6, 6.07) is 0. The fraction of sp³-hybridized carbons (Fsp3) is 0.833. The van der Waals surface area contributed by atoms with Gasteiger partial charge >= 0.3 is 5.97 Å². The van der Waals surface area contributed by atoms with Crippen LogP contribution in [0.5, 0.6) is 0 Å². The van der Waals surface area contributed by atoms with Gasteiger partial charge in [0.15, 0.2) is 0 Å². The molecule has 1 atom stereocenters. The van der Waals surface area contributed by atoms with Gasteiger partial charge in [0.1, 0.15) is 0 Å². The maximum Gasteiger partial charge on any atom is 0.308 e. The third-order valence-electron chi connectivity index (χ3n) is 3.32. The quantitative estimate of drug-likeness (QED) is 0.637. The summed E-state index contributed by atoms with van der Waals surface area (Å²) in [4.78, 5) is 22.4. The summed E-state index contributed by atoms with van der Waals surface area (Å²) in [7, 11) is 0. The van der Waals surface area contributed by atoms with Crippen molar-refractivity contribution in [3.8, 4) is 0 Å². The molecule has 0 bridgehead atoms. The number of carboxylic acids is 1. The molecule has 17 heavy (non-hydrogen) atoms. The molecule has 5 heteroatoms. The largest absolute Gasteiger partial charge is 0.481 e. The molecule has 1 unspecified atom stereocenters. The Balaban J connectivity index is 2.21. The molecule has 0 radical (unpaired) electrons. The molecule has 1 saturated heterocycles. The molecule has 0 aromatic rings. The molecule has 0 aliphatic carbocycles. The first-order valence-corrected chi connectivity index (χ1v) is 6.33. The van der Waals surface area contributed by atoms with Crippen LogP contribution in [-0.4, -0.2) is 36.6 Å². The predicted octanol–water partition coefficient (Wildman–Crippen LogP) is 0.603. The van der Waals surface area contributed by atoms with E-state index in [1.165, 1.54) is 0 Å². The second-order valence-corrected chi connectivity index (χ2v) is 4.64. The molecular formula is C12H22N2O3. The van der Waals surface area contributed by atoms with E-state index < -0.39 is 11.9 Å². The summed E-state index contributed by atoms with van der Waals surface area (Å²) in [5.74, 6) is -0.876. The van der Waals surface area contributed by atoms with Crippen LogP contribution in [0.2, 0.25) is 0 Å². The highest BCUT2D eigenvalue weighted by Crippen LogP contribution is 2.15. The molecule has 3 N–H and O–H groups in total. The first kappa shape index (κ1) is 14.0. The van der Waals surface area contributed by atoms with E-state index in [1.54, 1.807) is 0 Å². The van der Waals surface area contributed by atoms with Crippen molar-refractivity contribution in [3.63, 3.8) is 0 Å². The zero-order valence-electron chi connectivity index (χ0n) is 10.4. The van der Waals surface area contributed by atoms with Crippen molar-refractivity contribution in [2.24, 2.45) is 11.8 Å². The number of hydrogen-bond acceptors (Lipinski definition) is 3. The average molecular weight is 242 g/mol. The molecule has 1 aliphatic heterocycles. The van der Waals surface area contributed by atoms with Crippen LogP contribution in [0.25, 0.3) is 0 Å². The van der Waals surface area contributed by atoms with Gasteiger partial charge in [0.05, 0.1) is 5.92 Å². The van der Waals surface area contributed by atoms with E-state index in [1.807, 2.05) is 6.92 Å². The molecule has 0 aromatic heterocycles. The molecule has 1 aliphatic rings. The van der Waals surface area contributed by atoms with Gasteiger partial charge in [-0.3, -0.25) is 9.59 Å². The van der Waals surface area contributed by atoms with Gasteiger partial charge in [0.25, 0.3) is 0 Å². The van der Waals surface area contributed by atoms with Crippen LogP contribution in [0.4, 0.5) is 0 Å². The lowest BCUT2D eigenvalue weighted by atomic mass is 9.94. The Bertz CT molecular complexity index is 262. The van der Waals surface area contributed by atoms with Crippen molar-refractivity contribution >= 4 is 11.9 Å². The van der Waals surface area contributed by atoms with Crippen molar-refractivity contribution < 1.29 is 14.7 Å². The fourth-order valence-electron chi connectivity index (χ4n) is 2.06. The number of carbonyl (C=O) groups excluding carboxylic acids is 1. The van der Waals surface area contributed by atoms with E-state index in [-0.39, 0.29) is 12.5 Å². The fourth-order valence-corrected chi connectivity index (χ4v) is 2.06. The third-order valence-corrected chi connectivity index (χ3v) is 3.32. The Labute approximate surface area is 102 Å². The van der Waals surface area contributed by atoms with Crippen LogP contribution in [-0.2, 0) is 9.59 Å².